The number of allylic oxidation sites excluding steroid dienone is 2. The third-order valence-corrected chi connectivity index (χ3v) is 4.10. The molecule has 0 saturated heterocycles. The van der Waals surface area contributed by atoms with Crippen LogP contribution in [0.5, 0.6) is 5.75 Å². The van der Waals surface area contributed by atoms with Crippen molar-refractivity contribution >= 4 is 18.5 Å². The lowest BCUT2D eigenvalue weighted by atomic mass is 10.1. The van der Waals surface area contributed by atoms with E-state index in [0.717, 1.165) is 18.4 Å². The monoisotopic (exact) mass is 445 g/mol. The molecule has 31 heavy (non-hydrogen) atoms. The van der Waals surface area contributed by atoms with Crippen molar-refractivity contribution in [3.63, 3.8) is 0 Å². The number of nitriles is 1. The molecule has 0 bridgehead atoms. The zero-order valence-corrected chi connectivity index (χ0v) is 19.3. The molecule has 0 aliphatic rings. The normalized spacial score (nSPS) is 10.3. The largest absolute Gasteiger partial charge is 0.495 e. The van der Waals surface area contributed by atoms with Crippen molar-refractivity contribution in [1.29, 1.82) is 5.26 Å². The molecule has 2 aromatic rings. The highest BCUT2D eigenvalue weighted by molar-refractivity contribution is 7.83. The summed E-state index contributed by atoms with van der Waals surface area (Å²) < 4.78 is 10.5. The van der Waals surface area contributed by atoms with Crippen LogP contribution in [-0.2, 0) is 0 Å². The number of amides is 1. The van der Waals surface area contributed by atoms with Crippen molar-refractivity contribution in [1.82, 2.24) is 10.3 Å². The van der Waals surface area contributed by atoms with Crippen LogP contribution in [0.4, 0.5) is 0 Å². The molecule has 1 aromatic heterocycles. The van der Waals surface area contributed by atoms with Crippen LogP contribution in [0.3, 0.4) is 0 Å². The van der Waals surface area contributed by atoms with E-state index in [1.165, 1.54) is 26.8 Å². The van der Waals surface area contributed by atoms with Crippen LogP contribution in [0.25, 0.3) is 11.3 Å². The first-order valence-corrected chi connectivity index (χ1v) is 10.3. The number of thiol groups is 1. The second kappa shape index (κ2) is 16.6. The van der Waals surface area contributed by atoms with E-state index in [-0.39, 0.29) is 11.6 Å². The Kier molecular flexibility index (Phi) is 14.8. The van der Waals surface area contributed by atoms with Gasteiger partial charge in [0.2, 0.25) is 0 Å². The van der Waals surface area contributed by atoms with Gasteiger partial charge in [-0.25, -0.2) is 4.98 Å². The number of benzene rings is 1. The topological polar surface area (TPSA) is 140 Å². The molecule has 1 heterocycles. The minimum absolute atomic E-state index is 0.163. The molecule has 0 spiro atoms. The number of hydrogen-bond acceptors (Lipinski definition) is 8. The summed E-state index contributed by atoms with van der Waals surface area (Å²) >= 11 is 4.11. The number of oxazole rings is 1. The molecule has 0 fully saturated rings. The van der Waals surface area contributed by atoms with Gasteiger partial charge in [0.05, 0.1) is 12.7 Å². The fraction of sp³-hybridized carbons (Fsp3) is 0.318. The van der Waals surface area contributed by atoms with Gasteiger partial charge in [0.1, 0.15) is 11.8 Å². The lowest BCUT2D eigenvalue weighted by molar-refractivity contribution is 0.0949. The van der Waals surface area contributed by atoms with Crippen LogP contribution in [0.2, 0.25) is 0 Å². The smallest absolute Gasteiger partial charge is 0.273 e. The highest BCUT2D eigenvalue weighted by Crippen LogP contribution is 2.28. The summed E-state index contributed by atoms with van der Waals surface area (Å²) in [5.41, 5.74) is 11.9. The third-order valence-electron chi connectivity index (χ3n) is 3.77. The fourth-order valence-corrected chi connectivity index (χ4v) is 2.66. The van der Waals surface area contributed by atoms with E-state index in [9.17, 15) is 10.1 Å². The zero-order valence-electron chi connectivity index (χ0n) is 18.4. The Balaban J connectivity index is 0.00000212. The molecule has 5 N–H and O–H groups in total. The van der Waals surface area contributed by atoms with E-state index in [4.69, 9.17) is 14.9 Å². The van der Waals surface area contributed by atoms with Crippen LogP contribution in [0.1, 0.15) is 42.7 Å². The highest BCUT2D eigenvalue weighted by Gasteiger charge is 2.19. The summed E-state index contributed by atoms with van der Waals surface area (Å²) in [5, 5.41) is 13.7. The Morgan fingerprint density at radius 3 is 2.68 bits per heavy atom. The van der Waals surface area contributed by atoms with Gasteiger partial charge in [0, 0.05) is 12.1 Å². The third kappa shape index (κ3) is 8.58. The standard InChI is InChI=1S/C19H20N4O3S.C2H6.CH5N/c1-25-16-5-4-14(9-15(16)10-21)18-17(23-12-26-18)19(24)22-8-2-3-13(11-27)6-7-20;2*1-2/h4-7,9,11-12,27H,2-3,8,20H2,1H3,(H,22,24);1-2H3;2H2,1H3/b7-6-,13-11-;;. The van der Waals surface area contributed by atoms with Gasteiger partial charge in [0.15, 0.2) is 17.8 Å². The van der Waals surface area contributed by atoms with E-state index >= 15 is 0 Å². The number of nitrogens with one attached hydrogen (secondary N) is 1. The lowest BCUT2D eigenvalue weighted by Crippen LogP contribution is -2.25. The van der Waals surface area contributed by atoms with Gasteiger partial charge in [-0.05, 0) is 61.3 Å². The molecule has 168 valence electrons. The number of nitrogens with zero attached hydrogens (tertiary/aromatic N) is 2. The summed E-state index contributed by atoms with van der Waals surface area (Å²) in [7, 11) is 2.99. The number of carbonyl (C=O) groups is 1. The summed E-state index contributed by atoms with van der Waals surface area (Å²) in [4.78, 5) is 16.4. The molecule has 2 rings (SSSR count). The molecule has 0 atom stereocenters. The van der Waals surface area contributed by atoms with Gasteiger partial charge in [-0.1, -0.05) is 13.8 Å². The van der Waals surface area contributed by atoms with Gasteiger partial charge in [-0.2, -0.15) is 17.9 Å². The Hall–Kier alpha value is -3.22. The molecule has 9 heteroatoms. The van der Waals surface area contributed by atoms with Crippen molar-refractivity contribution in [3.8, 4) is 23.1 Å². The first kappa shape index (κ1) is 27.8. The number of nitrogens with two attached hydrogens (primary N) is 2. The lowest BCUT2D eigenvalue weighted by Gasteiger charge is -2.07. The first-order valence-electron chi connectivity index (χ1n) is 9.74. The SMILES string of the molecule is CC.CN.COc1ccc(-c2ocnc2C(=O)NCCCC(/C=C\N)=C/S)cc1C#N. The maximum Gasteiger partial charge on any atom is 0.273 e. The molecule has 0 aliphatic carbocycles. The molecule has 8 nitrogen and oxygen atoms in total. The second-order valence-corrected chi connectivity index (χ2v) is 5.74. The van der Waals surface area contributed by atoms with Gasteiger partial charge in [0.25, 0.3) is 5.91 Å². The zero-order chi connectivity index (χ0) is 23.6. The van der Waals surface area contributed by atoms with Crippen molar-refractivity contribution in [2.24, 2.45) is 11.5 Å². The van der Waals surface area contributed by atoms with Gasteiger partial charge in [-0.15, -0.1) is 0 Å². The molecular formula is C22H31N5O3S. The molecule has 1 amide bonds. The molecule has 1 aromatic carbocycles. The minimum Gasteiger partial charge on any atom is -0.495 e. The van der Waals surface area contributed by atoms with Gasteiger partial charge >= 0.3 is 0 Å². The summed E-state index contributed by atoms with van der Waals surface area (Å²) in [6.07, 6.45) is 5.87. The van der Waals surface area contributed by atoms with E-state index in [1.54, 1.807) is 29.7 Å². The van der Waals surface area contributed by atoms with Crippen LogP contribution in [0, 0.1) is 11.3 Å². The van der Waals surface area contributed by atoms with Crippen molar-refractivity contribution < 1.29 is 13.9 Å². The van der Waals surface area contributed by atoms with E-state index in [2.05, 4.69) is 34.7 Å². The number of ether oxygens (including phenoxy) is 1. The molecule has 0 saturated carbocycles. The molecule has 0 aliphatic heterocycles. The van der Waals surface area contributed by atoms with E-state index in [1.807, 2.05) is 13.8 Å². The quantitative estimate of drug-likeness (QED) is 0.276. The number of rotatable bonds is 8. The Labute approximate surface area is 189 Å². The predicted octanol–water partition coefficient (Wildman–Crippen LogP) is 3.62. The summed E-state index contributed by atoms with van der Waals surface area (Å²) in [5.74, 6) is 0.402. The first-order chi connectivity index (χ1) is 15.1. The average Bonchev–Trinajstić information content (AvgIpc) is 3.33. The van der Waals surface area contributed by atoms with Gasteiger partial charge < -0.3 is 25.9 Å². The molecular weight excluding hydrogens is 414 g/mol. The van der Waals surface area contributed by atoms with Crippen molar-refractivity contribution in [2.45, 2.75) is 26.7 Å². The van der Waals surface area contributed by atoms with E-state index < -0.39 is 0 Å². The van der Waals surface area contributed by atoms with Gasteiger partial charge in [-0.3, -0.25) is 4.79 Å². The Morgan fingerprint density at radius 2 is 2.10 bits per heavy atom. The number of hydrogen-bond donors (Lipinski definition) is 4. The average molecular weight is 446 g/mol. The van der Waals surface area contributed by atoms with E-state index in [0.29, 0.717) is 29.2 Å². The molecule has 0 radical (unpaired) electrons. The number of methoxy groups -OCH3 is 1. The maximum absolute atomic E-state index is 12.4. The Morgan fingerprint density at radius 1 is 1.39 bits per heavy atom. The summed E-state index contributed by atoms with van der Waals surface area (Å²) in [6, 6.07) is 7.00. The van der Waals surface area contributed by atoms with Crippen LogP contribution < -0.4 is 21.5 Å². The van der Waals surface area contributed by atoms with Crippen LogP contribution in [-0.4, -0.2) is 31.6 Å². The summed E-state index contributed by atoms with van der Waals surface area (Å²) in [6.45, 7) is 4.46. The predicted molar refractivity (Wildman–Crippen MR) is 127 cm³/mol. The highest BCUT2D eigenvalue weighted by atomic mass is 32.1. The molecule has 0 unspecified atom stereocenters. The minimum atomic E-state index is -0.348. The van der Waals surface area contributed by atoms with Crippen molar-refractivity contribution in [2.75, 3.05) is 20.7 Å². The number of carbonyl (C=O) groups excluding carboxylic acids is 1. The maximum atomic E-state index is 12.4. The van der Waals surface area contributed by atoms with Crippen molar-refractivity contribution in [3.05, 3.63) is 59.1 Å². The fourth-order valence-electron chi connectivity index (χ4n) is 2.44. The Bertz CT molecular complexity index is 901. The second-order valence-electron chi connectivity index (χ2n) is 5.48. The number of aromatic nitrogens is 1. The van der Waals surface area contributed by atoms with Crippen LogP contribution in [0.15, 0.2) is 52.3 Å². The van der Waals surface area contributed by atoms with Crippen LogP contribution >= 0.6 is 12.6 Å².